The van der Waals surface area contributed by atoms with Crippen molar-refractivity contribution >= 4 is 5.96 Å². The maximum Gasteiger partial charge on any atom is 0.188 e. The van der Waals surface area contributed by atoms with E-state index in [-0.39, 0.29) is 0 Å². The van der Waals surface area contributed by atoms with Gasteiger partial charge in [-0.2, -0.15) is 0 Å². The van der Waals surface area contributed by atoms with Crippen LogP contribution in [0, 0.1) is 5.92 Å². The summed E-state index contributed by atoms with van der Waals surface area (Å²) in [5.41, 5.74) is 5.60. The van der Waals surface area contributed by atoms with E-state index in [1.165, 1.54) is 44.9 Å². The lowest BCUT2D eigenvalue weighted by atomic mass is 9.93. The lowest BCUT2D eigenvalue weighted by molar-refractivity contribution is 0.384. The zero-order chi connectivity index (χ0) is 9.80. The fourth-order valence-electron chi connectivity index (χ4n) is 2.64. The van der Waals surface area contributed by atoms with Crippen molar-refractivity contribution in [1.29, 1.82) is 0 Å². The maximum atomic E-state index is 5.60. The Morgan fingerprint density at radius 1 is 1.21 bits per heavy atom. The molecule has 1 heterocycles. The summed E-state index contributed by atoms with van der Waals surface area (Å²) in [6.07, 6.45) is 9.82. The quantitative estimate of drug-likeness (QED) is 0.658. The van der Waals surface area contributed by atoms with Crippen LogP contribution in [0.2, 0.25) is 0 Å². The van der Waals surface area contributed by atoms with Gasteiger partial charge < -0.3 is 11.1 Å². The minimum Gasteiger partial charge on any atom is -0.370 e. The van der Waals surface area contributed by atoms with E-state index in [0.29, 0.717) is 12.0 Å². The molecule has 1 fully saturated rings. The first kappa shape index (κ1) is 9.81. The summed E-state index contributed by atoms with van der Waals surface area (Å²) in [4.78, 5) is 4.19. The zero-order valence-electron chi connectivity index (χ0n) is 8.84. The molecule has 1 atom stereocenters. The highest BCUT2D eigenvalue weighted by atomic mass is 15.2. The molecule has 0 spiro atoms. The Morgan fingerprint density at radius 2 is 1.93 bits per heavy atom. The summed E-state index contributed by atoms with van der Waals surface area (Å²) < 4.78 is 0. The largest absolute Gasteiger partial charge is 0.370 e. The van der Waals surface area contributed by atoms with Gasteiger partial charge >= 0.3 is 0 Å². The van der Waals surface area contributed by atoms with Gasteiger partial charge in [-0.3, -0.25) is 4.99 Å². The van der Waals surface area contributed by atoms with Crippen LogP contribution >= 0.6 is 0 Å². The van der Waals surface area contributed by atoms with E-state index >= 15 is 0 Å². The molecule has 1 aliphatic heterocycles. The zero-order valence-corrected chi connectivity index (χ0v) is 8.84. The van der Waals surface area contributed by atoms with E-state index in [2.05, 4.69) is 10.3 Å². The van der Waals surface area contributed by atoms with E-state index in [1.807, 2.05) is 0 Å². The Balaban J connectivity index is 1.73. The van der Waals surface area contributed by atoms with Crippen molar-refractivity contribution in [3.05, 3.63) is 0 Å². The Kier molecular flexibility index (Phi) is 3.27. The molecule has 0 aromatic rings. The first-order chi connectivity index (χ1) is 6.84. The minimum absolute atomic E-state index is 0.526. The molecule has 1 saturated carbocycles. The van der Waals surface area contributed by atoms with E-state index < -0.39 is 0 Å². The third-order valence-corrected chi connectivity index (χ3v) is 3.43. The molecule has 14 heavy (non-hydrogen) atoms. The number of aliphatic imine (C=N–C) groups is 1. The maximum absolute atomic E-state index is 5.60. The van der Waals surface area contributed by atoms with Crippen LogP contribution in [0.3, 0.4) is 0 Å². The molecular weight excluding hydrogens is 174 g/mol. The van der Waals surface area contributed by atoms with Gasteiger partial charge in [0.05, 0.1) is 6.54 Å². The number of nitrogens with two attached hydrogens (primary N) is 1. The molecule has 3 nitrogen and oxygen atoms in total. The number of rotatable bonds is 2. The van der Waals surface area contributed by atoms with Crippen LogP contribution in [0.25, 0.3) is 0 Å². The second-order valence-electron chi connectivity index (χ2n) is 4.66. The molecule has 0 radical (unpaired) electrons. The highest BCUT2D eigenvalue weighted by Gasteiger charge is 2.21. The van der Waals surface area contributed by atoms with Gasteiger partial charge in [-0.1, -0.05) is 38.5 Å². The number of guanidine groups is 1. The van der Waals surface area contributed by atoms with Gasteiger partial charge in [-0.15, -0.1) is 0 Å². The average molecular weight is 195 g/mol. The van der Waals surface area contributed by atoms with Crippen LogP contribution in [-0.4, -0.2) is 18.5 Å². The second kappa shape index (κ2) is 4.67. The highest BCUT2D eigenvalue weighted by Crippen LogP contribution is 2.26. The number of nitrogens with one attached hydrogen (secondary N) is 1. The summed E-state index contributed by atoms with van der Waals surface area (Å²) in [7, 11) is 0. The molecule has 80 valence electrons. The highest BCUT2D eigenvalue weighted by molar-refractivity contribution is 5.79. The molecule has 2 rings (SSSR count). The van der Waals surface area contributed by atoms with Gasteiger partial charge in [0.2, 0.25) is 0 Å². The van der Waals surface area contributed by atoms with E-state index in [0.717, 1.165) is 12.5 Å². The van der Waals surface area contributed by atoms with Crippen LogP contribution in [0.5, 0.6) is 0 Å². The van der Waals surface area contributed by atoms with Crippen LogP contribution < -0.4 is 11.1 Å². The molecule has 0 aromatic heterocycles. The summed E-state index contributed by atoms with van der Waals surface area (Å²) in [6.45, 7) is 0.891. The number of nitrogens with zero attached hydrogens (tertiary/aromatic N) is 1. The lowest BCUT2D eigenvalue weighted by Crippen LogP contribution is -2.36. The predicted octanol–water partition coefficient (Wildman–Crippen LogP) is 1.63. The second-order valence-corrected chi connectivity index (χ2v) is 4.66. The van der Waals surface area contributed by atoms with Gasteiger partial charge in [0, 0.05) is 6.04 Å². The Morgan fingerprint density at radius 3 is 2.50 bits per heavy atom. The number of hydrogen-bond acceptors (Lipinski definition) is 3. The van der Waals surface area contributed by atoms with E-state index in [4.69, 9.17) is 5.73 Å². The molecule has 0 bridgehead atoms. The normalized spacial score (nSPS) is 29.4. The van der Waals surface area contributed by atoms with Crippen molar-refractivity contribution in [3.8, 4) is 0 Å². The van der Waals surface area contributed by atoms with Gasteiger partial charge in [-0.05, 0) is 12.3 Å². The molecule has 1 unspecified atom stereocenters. The third kappa shape index (κ3) is 2.63. The predicted molar refractivity (Wildman–Crippen MR) is 59.2 cm³/mol. The SMILES string of the molecule is NC1=NCC(CC2CCCCCC2)N1. The topological polar surface area (TPSA) is 50.4 Å². The van der Waals surface area contributed by atoms with Gasteiger partial charge in [0.25, 0.3) is 0 Å². The average Bonchev–Trinajstić information content (AvgIpc) is 2.43. The summed E-state index contributed by atoms with van der Waals surface area (Å²) in [5.74, 6) is 1.56. The summed E-state index contributed by atoms with van der Waals surface area (Å²) in [5, 5.41) is 3.25. The van der Waals surface area contributed by atoms with Gasteiger partial charge in [0.1, 0.15) is 0 Å². The van der Waals surface area contributed by atoms with Crippen LogP contribution in [0.4, 0.5) is 0 Å². The van der Waals surface area contributed by atoms with Crippen molar-refractivity contribution in [2.24, 2.45) is 16.6 Å². The summed E-state index contributed by atoms with van der Waals surface area (Å²) >= 11 is 0. The van der Waals surface area contributed by atoms with Gasteiger partial charge in [-0.25, -0.2) is 0 Å². The first-order valence-corrected chi connectivity index (χ1v) is 5.91. The standard InChI is InChI=1S/C11H21N3/c12-11-13-8-10(14-11)7-9-5-3-1-2-4-6-9/h9-10H,1-8H2,(H3,12,13,14). The van der Waals surface area contributed by atoms with E-state index in [9.17, 15) is 0 Å². The van der Waals surface area contributed by atoms with Crippen molar-refractivity contribution in [2.45, 2.75) is 51.0 Å². The van der Waals surface area contributed by atoms with Gasteiger partial charge in [0.15, 0.2) is 5.96 Å². The molecule has 0 saturated heterocycles. The van der Waals surface area contributed by atoms with Crippen LogP contribution in [0.1, 0.15) is 44.9 Å². The molecule has 3 N–H and O–H groups in total. The summed E-state index contributed by atoms with van der Waals surface area (Å²) in [6, 6.07) is 0.526. The fourth-order valence-corrected chi connectivity index (χ4v) is 2.64. The van der Waals surface area contributed by atoms with Crippen molar-refractivity contribution in [2.75, 3.05) is 6.54 Å². The Hall–Kier alpha value is -0.730. The molecule has 0 amide bonds. The molecular formula is C11H21N3. The fraction of sp³-hybridized carbons (Fsp3) is 0.909. The molecule has 0 aromatic carbocycles. The van der Waals surface area contributed by atoms with Crippen molar-refractivity contribution < 1.29 is 0 Å². The van der Waals surface area contributed by atoms with Crippen molar-refractivity contribution in [1.82, 2.24) is 5.32 Å². The first-order valence-electron chi connectivity index (χ1n) is 5.91. The monoisotopic (exact) mass is 195 g/mol. The molecule has 3 heteroatoms. The smallest absolute Gasteiger partial charge is 0.188 e. The van der Waals surface area contributed by atoms with Crippen LogP contribution in [0.15, 0.2) is 4.99 Å². The molecule has 1 aliphatic carbocycles. The van der Waals surface area contributed by atoms with Crippen LogP contribution in [-0.2, 0) is 0 Å². The minimum atomic E-state index is 0.526. The van der Waals surface area contributed by atoms with E-state index in [1.54, 1.807) is 0 Å². The van der Waals surface area contributed by atoms with Crippen molar-refractivity contribution in [3.63, 3.8) is 0 Å². The molecule has 2 aliphatic rings. The third-order valence-electron chi connectivity index (χ3n) is 3.43. The Bertz CT molecular complexity index is 205. The number of hydrogen-bond donors (Lipinski definition) is 2. The Labute approximate surface area is 86.2 Å². The lowest BCUT2D eigenvalue weighted by Gasteiger charge is -2.18.